The number of carbonyl (C=O) groups is 1. The van der Waals surface area contributed by atoms with Gasteiger partial charge in [0.1, 0.15) is 17.1 Å². The summed E-state index contributed by atoms with van der Waals surface area (Å²) >= 11 is 1.43. The Balaban J connectivity index is 1.52. The van der Waals surface area contributed by atoms with Gasteiger partial charge in [0.25, 0.3) is 0 Å². The molecule has 24 heavy (non-hydrogen) atoms. The molecule has 1 atom stereocenters. The molecule has 0 saturated carbocycles. The molecule has 1 aromatic carbocycles. The van der Waals surface area contributed by atoms with Crippen LogP contribution in [0.3, 0.4) is 0 Å². The van der Waals surface area contributed by atoms with Crippen molar-refractivity contribution < 1.29 is 18.7 Å². The van der Waals surface area contributed by atoms with Crippen molar-refractivity contribution in [1.82, 2.24) is 10.3 Å². The van der Waals surface area contributed by atoms with Crippen molar-refractivity contribution in [3.05, 3.63) is 65.3 Å². The number of thiazole rings is 1. The van der Waals surface area contributed by atoms with Gasteiger partial charge in [0.15, 0.2) is 0 Å². The number of aliphatic hydroxyl groups is 1. The lowest BCUT2D eigenvalue weighted by atomic mass is 10.1. The first-order chi connectivity index (χ1) is 11.6. The van der Waals surface area contributed by atoms with Gasteiger partial charge in [-0.3, -0.25) is 4.79 Å². The highest BCUT2D eigenvalue weighted by atomic mass is 32.1. The zero-order valence-electron chi connectivity index (χ0n) is 12.6. The van der Waals surface area contributed by atoms with Crippen LogP contribution in [0.25, 0.3) is 10.6 Å². The molecule has 1 unspecified atom stereocenters. The van der Waals surface area contributed by atoms with Gasteiger partial charge >= 0.3 is 0 Å². The minimum absolute atomic E-state index is 0.0149. The lowest BCUT2D eigenvalue weighted by Crippen LogP contribution is -2.29. The van der Waals surface area contributed by atoms with E-state index in [1.165, 1.54) is 29.5 Å². The van der Waals surface area contributed by atoms with Gasteiger partial charge in [0.2, 0.25) is 5.91 Å². The molecule has 0 radical (unpaired) electrons. The number of nitrogens with one attached hydrogen (secondary N) is 1. The van der Waals surface area contributed by atoms with E-state index in [0.29, 0.717) is 11.3 Å². The monoisotopic (exact) mass is 346 g/mol. The van der Waals surface area contributed by atoms with Crippen molar-refractivity contribution in [2.45, 2.75) is 12.5 Å². The Morgan fingerprint density at radius 2 is 2.29 bits per heavy atom. The molecule has 0 saturated heterocycles. The molecule has 0 aliphatic heterocycles. The highest BCUT2D eigenvalue weighted by Crippen LogP contribution is 2.24. The maximum absolute atomic E-state index is 13.1. The van der Waals surface area contributed by atoms with Crippen LogP contribution in [0.2, 0.25) is 0 Å². The number of furan rings is 1. The molecule has 7 heteroatoms. The second-order valence-corrected chi connectivity index (χ2v) is 6.07. The van der Waals surface area contributed by atoms with E-state index < -0.39 is 11.9 Å². The highest BCUT2D eigenvalue weighted by Gasteiger charge is 2.13. The van der Waals surface area contributed by atoms with Crippen LogP contribution in [-0.2, 0) is 11.2 Å². The van der Waals surface area contributed by atoms with E-state index in [9.17, 15) is 14.3 Å². The molecule has 2 heterocycles. The summed E-state index contributed by atoms with van der Waals surface area (Å²) in [5.41, 5.74) is 1.94. The summed E-state index contributed by atoms with van der Waals surface area (Å²) in [5.74, 6) is -0.679. The molecule has 0 aliphatic rings. The van der Waals surface area contributed by atoms with Crippen molar-refractivity contribution >= 4 is 17.2 Å². The van der Waals surface area contributed by atoms with Crippen molar-refractivity contribution in [3.8, 4) is 10.6 Å². The van der Waals surface area contributed by atoms with Crippen molar-refractivity contribution in [2.24, 2.45) is 0 Å². The molecule has 0 aliphatic carbocycles. The quantitative estimate of drug-likeness (QED) is 0.720. The maximum Gasteiger partial charge on any atom is 0.226 e. The second kappa shape index (κ2) is 7.37. The average molecular weight is 346 g/mol. The van der Waals surface area contributed by atoms with Gasteiger partial charge in [-0.2, -0.15) is 0 Å². The average Bonchev–Trinajstić information content (AvgIpc) is 3.23. The summed E-state index contributed by atoms with van der Waals surface area (Å²) in [6.45, 7) is 0.0149. The van der Waals surface area contributed by atoms with Gasteiger partial charge in [-0.05, 0) is 23.8 Å². The molecule has 124 valence electrons. The van der Waals surface area contributed by atoms with Crippen LogP contribution in [-0.4, -0.2) is 22.5 Å². The predicted octanol–water partition coefficient (Wildman–Crippen LogP) is 2.93. The first-order valence-corrected chi connectivity index (χ1v) is 8.17. The molecular weight excluding hydrogens is 331 g/mol. The SMILES string of the molecule is O=C(Cc1csc(-c2ccoc2)n1)NCC(O)c1cccc(F)c1. The number of amides is 1. The number of carbonyl (C=O) groups excluding carboxylic acids is 1. The predicted molar refractivity (Wildman–Crippen MR) is 87.9 cm³/mol. The van der Waals surface area contributed by atoms with Crippen LogP contribution in [0.1, 0.15) is 17.4 Å². The van der Waals surface area contributed by atoms with Gasteiger partial charge in [0, 0.05) is 17.5 Å². The van der Waals surface area contributed by atoms with E-state index in [1.54, 1.807) is 24.7 Å². The van der Waals surface area contributed by atoms with Gasteiger partial charge in [-0.25, -0.2) is 9.37 Å². The molecule has 2 aromatic heterocycles. The highest BCUT2D eigenvalue weighted by molar-refractivity contribution is 7.13. The number of hydrogen-bond donors (Lipinski definition) is 2. The standard InChI is InChI=1S/C17H15FN2O3S/c18-13-3-1-2-11(6-13)15(21)8-19-16(22)7-14-10-24-17(20-14)12-4-5-23-9-12/h1-6,9-10,15,21H,7-8H2,(H,19,22). The third-order valence-electron chi connectivity index (χ3n) is 3.39. The summed E-state index contributed by atoms with van der Waals surface area (Å²) < 4.78 is 18.1. The van der Waals surface area contributed by atoms with Crippen molar-refractivity contribution in [2.75, 3.05) is 6.54 Å². The van der Waals surface area contributed by atoms with Gasteiger partial charge in [0.05, 0.1) is 24.5 Å². The zero-order valence-corrected chi connectivity index (χ0v) is 13.4. The second-order valence-electron chi connectivity index (χ2n) is 5.21. The van der Waals surface area contributed by atoms with E-state index >= 15 is 0 Å². The summed E-state index contributed by atoms with van der Waals surface area (Å²) in [4.78, 5) is 16.3. The lowest BCUT2D eigenvalue weighted by molar-refractivity contribution is -0.120. The first-order valence-electron chi connectivity index (χ1n) is 7.29. The largest absolute Gasteiger partial charge is 0.472 e. The molecule has 5 nitrogen and oxygen atoms in total. The summed E-state index contributed by atoms with van der Waals surface area (Å²) in [6, 6.07) is 7.47. The number of benzene rings is 1. The van der Waals surface area contributed by atoms with E-state index in [-0.39, 0.29) is 18.9 Å². The number of nitrogens with zero attached hydrogens (tertiary/aromatic N) is 1. The Morgan fingerprint density at radius 1 is 1.42 bits per heavy atom. The van der Waals surface area contributed by atoms with Crippen molar-refractivity contribution in [3.63, 3.8) is 0 Å². The summed E-state index contributed by atoms with van der Waals surface area (Å²) in [5, 5.41) is 15.2. The molecule has 3 aromatic rings. The van der Waals surface area contributed by atoms with E-state index in [2.05, 4.69) is 10.3 Å². The number of aliphatic hydroxyl groups excluding tert-OH is 1. The van der Waals surface area contributed by atoms with E-state index in [4.69, 9.17) is 4.42 Å². The normalized spacial score (nSPS) is 12.1. The minimum Gasteiger partial charge on any atom is -0.472 e. The van der Waals surface area contributed by atoms with Gasteiger partial charge < -0.3 is 14.8 Å². The first kappa shape index (κ1) is 16.4. The van der Waals surface area contributed by atoms with E-state index in [0.717, 1.165) is 10.6 Å². The number of rotatable bonds is 6. The fourth-order valence-corrected chi connectivity index (χ4v) is 2.98. The minimum atomic E-state index is -0.957. The smallest absolute Gasteiger partial charge is 0.226 e. The molecule has 0 bridgehead atoms. The Hall–Kier alpha value is -2.51. The zero-order chi connectivity index (χ0) is 16.9. The summed E-state index contributed by atoms with van der Waals surface area (Å²) in [7, 11) is 0. The third kappa shape index (κ3) is 4.06. The van der Waals surface area contributed by atoms with Crippen LogP contribution >= 0.6 is 11.3 Å². The fraction of sp³-hybridized carbons (Fsp3) is 0.176. The number of aromatic nitrogens is 1. The van der Waals surface area contributed by atoms with Crippen LogP contribution in [0, 0.1) is 5.82 Å². The molecule has 3 rings (SSSR count). The molecule has 0 spiro atoms. The Bertz CT molecular complexity index is 817. The Morgan fingerprint density at radius 3 is 3.04 bits per heavy atom. The van der Waals surface area contributed by atoms with Crippen LogP contribution in [0.4, 0.5) is 4.39 Å². The fourth-order valence-electron chi connectivity index (χ4n) is 2.18. The molecule has 1 amide bonds. The Kier molecular flexibility index (Phi) is 5.02. The third-order valence-corrected chi connectivity index (χ3v) is 4.33. The van der Waals surface area contributed by atoms with Crippen molar-refractivity contribution in [1.29, 1.82) is 0 Å². The van der Waals surface area contributed by atoms with Crippen LogP contribution in [0.15, 0.2) is 52.7 Å². The molecule has 0 fully saturated rings. The van der Waals surface area contributed by atoms with E-state index in [1.807, 2.05) is 5.38 Å². The van der Waals surface area contributed by atoms with Crippen LogP contribution < -0.4 is 5.32 Å². The van der Waals surface area contributed by atoms with Gasteiger partial charge in [-0.1, -0.05) is 12.1 Å². The summed E-state index contributed by atoms with van der Waals surface area (Å²) in [6.07, 6.45) is 2.32. The molecular formula is C17H15FN2O3S. The number of halogens is 1. The molecule has 2 N–H and O–H groups in total. The van der Waals surface area contributed by atoms with Crippen LogP contribution in [0.5, 0.6) is 0 Å². The number of hydrogen-bond acceptors (Lipinski definition) is 5. The maximum atomic E-state index is 13.1. The lowest BCUT2D eigenvalue weighted by Gasteiger charge is -2.12. The topological polar surface area (TPSA) is 75.4 Å². The Labute approximate surface area is 141 Å². The van der Waals surface area contributed by atoms with Gasteiger partial charge in [-0.15, -0.1) is 11.3 Å².